The molecule has 0 radical (unpaired) electrons. The van der Waals surface area contributed by atoms with Crippen LogP contribution in [0, 0.1) is 0 Å². The van der Waals surface area contributed by atoms with Crippen LogP contribution in [0.4, 0.5) is 5.69 Å². The van der Waals surface area contributed by atoms with Crippen molar-refractivity contribution in [3.63, 3.8) is 0 Å². The Bertz CT molecular complexity index is 1130. The van der Waals surface area contributed by atoms with E-state index in [4.69, 9.17) is 16.6 Å². The molecule has 2 N–H and O–H groups in total. The largest absolute Gasteiger partial charge is 0.380 e. The normalized spacial score (nSPS) is 13.0. The lowest BCUT2D eigenvalue weighted by Crippen LogP contribution is -2.25. The van der Waals surface area contributed by atoms with E-state index in [1.165, 1.54) is 6.42 Å². The third-order valence-corrected chi connectivity index (χ3v) is 6.02. The zero-order valence-electron chi connectivity index (χ0n) is 17.4. The number of fused-ring (bicyclic) bond motifs is 4. The third-order valence-electron chi connectivity index (χ3n) is 5.79. The first-order chi connectivity index (χ1) is 14.1. The smallest absolute Gasteiger partial charge is 0.0987 e. The van der Waals surface area contributed by atoms with Crippen molar-refractivity contribution in [2.75, 3.05) is 25.0 Å². The number of nitrogens with zero attached hydrogens (tertiary/aromatic N) is 2. The van der Waals surface area contributed by atoms with E-state index in [-0.39, 0.29) is 0 Å². The summed E-state index contributed by atoms with van der Waals surface area (Å²) in [4.78, 5) is 11.0. The molecule has 0 bridgehead atoms. The van der Waals surface area contributed by atoms with Gasteiger partial charge in [0, 0.05) is 27.4 Å². The van der Waals surface area contributed by atoms with Crippen molar-refractivity contribution in [2.24, 2.45) is 0 Å². The maximum atomic E-state index is 6.26. The summed E-state index contributed by atoms with van der Waals surface area (Å²) in [7, 11) is 0. The predicted molar refractivity (Wildman–Crippen MR) is 126 cm³/mol. The Hall–Kier alpha value is -2.30. The summed E-state index contributed by atoms with van der Waals surface area (Å²) in [6.07, 6.45) is 2.31. The molecular weight excluding hydrogens is 380 g/mol. The number of H-pyrrole nitrogens is 1. The molecule has 1 atom stereocenters. The topological polar surface area (TPSA) is 44.0 Å². The molecule has 0 aliphatic heterocycles. The fraction of sp³-hybridized carbons (Fsp3) is 0.375. The molecule has 152 valence electrons. The first-order valence-corrected chi connectivity index (χ1v) is 11.0. The summed E-state index contributed by atoms with van der Waals surface area (Å²) in [6.45, 7) is 10.1. The summed E-state index contributed by atoms with van der Waals surface area (Å²) < 4.78 is 0. The van der Waals surface area contributed by atoms with Crippen LogP contribution in [0.2, 0.25) is 5.02 Å². The molecule has 2 heterocycles. The van der Waals surface area contributed by atoms with E-state index < -0.39 is 0 Å². The van der Waals surface area contributed by atoms with E-state index in [9.17, 15) is 0 Å². The highest BCUT2D eigenvalue weighted by Gasteiger charge is 2.16. The molecule has 4 nitrogen and oxygen atoms in total. The van der Waals surface area contributed by atoms with E-state index in [2.05, 4.69) is 54.2 Å². The monoisotopic (exact) mass is 408 g/mol. The minimum Gasteiger partial charge on any atom is -0.380 e. The highest BCUT2D eigenvalue weighted by Crippen LogP contribution is 2.36. The molecule has 5 heteroatoms. The van der Waals surface area contributed by atoms with Crippen molar-refractivity contribution in [1.29, 1.82) is 0 Å². The Morgan fingerprint density at radius 1 is 1.10 bits per heavy atom. The van der Waals surface area contributed by atoms with Gasteiger partial charge in [0.05, 0.1) is 22.2 Å². The Morgan fingerprint density at radius 2 is 1.90 bits per heavy atom. The Balaban J connectivity index is 1.70. The number of halogens is 1. The number of pyridine rings is 1. The third kappa shape index (κ3) is 4.05. The summed E-state index contributed by atoms with van der Waals surface area (Å²) in [6, 6.07) is 14.7. The molecule has 4 aromatic rings. The minimum absolute atomic E-state index is 0.370. The van der Waals surface area contributed by atoms with Crippen LogP contribution in [0.5, 0.6) is 0 Å². The molecule has 0 aliphatic carbocycles. The quantitative estimate of drug-likeness (QED) is 0.352. The van der Waals surface area contributed by atoms with Gasteiger partial charge in [-0.15, -0.1) is 0 Å². The van der Waals surface area contributed by atoms with E-state index in [0.717, 1.165) is 69.6 Å². The van der Waals surface area contributed by atoms with Gasteiger partial charge in [-0.05, 0) is 63.7 Å². The molecule has 2 aromatic carbocycles. The molecule has 0 fully saturated rings. The van der Waals surface area contributed by atoms with Gasteiger partial charge in [0.1, 0.15) is 0 Å². The summed E-state index contributed by atoms with van der Waals surface area (Å²) in [5.74, 6) is 0. The number of hydrogen-bond acceptors (Lipinski definition) is 3. The zero-order valence-corrected chi connectivity index (χ0v) is 18.2. The highest BCUT2D eigenvalue weighted by atomic mass is 35.5. The molecule has 29 heavy (non-hydrogen) atoms. The van der Waals surface area contributed by atoms with E-state index in [0.29, 0.717) is 6.04 Å². The number of anilines is 1. The van der Waals surface area contributed by atoms with Crippen molar-refractivity contribution in [1.82, 2.24) is 14.9 Å². The number of aromatic nitrogens is 2. The van der Waals surface area contributed by atoms with Crippen LogP contribution in [0.3, 0.4) is 0 Å². The molecule has 2 aromatic heterocycles. The van der Waals surface area contributed by atoms with Gasteiger partial charge < -0.3 is 15.2 Å². The average molecular weight is 409 g/mol. The van der Waals surface area contributed by atoms with Gasteiger partial charge >= 0.3 is 0 Å². The number of benzene rings is 2. The minimum atomic E-state index is 0.370. The van der Waals surface area contributed by atoms with Crippen LogP contribution in [0.15, 0.2) is 42.5 Å². The molecule has 4 rings (SSSR count). The van der Waals surface area contributed by atoms with Crippen LogP contribution in [-0.4, -0.2) is 40.5 Å². The van der Waals surface area contributed by atoms with Gasteiger partial charge in [0.2, 0.25) is 0 Å². The van der Waals surface area contributed by atoms with Crippen molar-refractivity contribution in [2.45, 2.75) is 39.7 Å². The van der Waals surface area contributed by atoms with Crippen molar-refractivity contribution < 1.29 is 0 Å². The van der Waals surface area contributed by atoms with Crippen LogP contribution in [-0.2, 0) is 0 Å². The van der Waals surface area contributed by atoms with Gasteiger partial charge in [-0.3, -0.25) is 0 Å². The summed E-state index contributed by atoms with van der Waals surface area (Å²) >= 11 is 6.26. The van der Waals surface area contributed by atoms with E-state index >= 15 is 0 Å². The molecule has 0 spiro atoms. The van der Waals surface area contributed by atoms with Crippen LogP contribution in [0.25, 0.3) is 32.8 Å². The van der Waals surface area contributed by atoms with Gasteiger partial charge in [-0.2, -0.15) is 0 Å². The fourth-order valence-corrected chi connectivity index (χ4v) is 4.29. The lowest BCUT2D eigenvalue weighted by atomic mass is 10.1. The average Bonchev–Trinajstić information content (AvgIpc) is 3.09. The Morgan fingerprint density at radius 3 is 2.69 bits per heavy atom. The van der Waals surface area contributed by atoms with Gasteiger partial charge in [0.25, 0.3) is 0 Å². The Kier molecular flexibility index (Phi) is 5.93. The summed E-state index contributed by atoms with van der Waals surface area (Å²) in [5.41, 5.74) is 5.21. The number of rotatable bonds is 8. The van der Waals surface area contributed by atoms with Gasteiger partial charge in [-0.1, -0.05) is 43.6 Å². The summed E-state index contributed by atoms with van der Waals surface area (Å²) in [5, 5.41) is 6.73. The molecule has 0 amide bonds. The number of para-hydroxylation sites is 1. The standard InChI is InChI=1S/C24H29ClN4/c1-4-29(5-2)14-8-9-16(3)26-22-18-10-6-7-11-20(18)27-23-19-15-17(25)12-13-21(19)28-24(22)23/h6-7,10-13,15-16,28H,4-5,8-9,14H2,1-3H3,(H,26,27)/t16-/m0/s1. The lowest BCUT2D eigenvalue weighted by molar-refractivity contribution is 0.295. The first-order valence-electron chi connectivity index (χ1n) is 10.6. The molecule has 0 saturated carbocycles. The highest BCUT2D eigenvalue weighted by molar-refractivity contribution is 6.32. The van der Waals surface area contributed by atoms with E-state index in [1.54, 1.807) is 0 Å². The number of aromatic amines is 1. The Labute approximate surface area is 177 Å². The fourth-order valence-electron chi connectivity index (χ4n) is 4.11. The number of hydrogen-bond donors (Lipinski definition) is 2. The van der Waals surface area contributed by atoms with Gasteiger partial charge in [-0.25, -0.2) is 4.98 Å². The van der Waals surface area contributed by atoms with Crippen molar-refractivity contribution in [3.05, 3.63) is 47.5 Å². The zero-order chi connectivity index (χ0) is 20.4. The maximum absolute atomic E-state index is 6.26. The second kappa shape index (κ2) is 8.60. The van der Waals surface area contributed by atoms with E-state index in [1.807, 2.05) is 24.3 Å². The molecule has 0 aliphatic rings. The lowest BCUT2D eigenvalue weighted by Gasteiger charge is -2.21. The molecule has 0 unspecified atom stereocenters. The maximum Gasteiger partial charge on any atom is 0.0987 e. The second-order valence-corrected chi connectivity index (χ2v) is 8.19. The second-order valence-electron chi connectivity index (χ2n) is 7.76. The molecular formula is C24H29ClN4. The van der Waals surface area contributed by atoms with Gasteiger partial charge in [0.15, 0.2) is 0 Å². The molecule has 0 saturated heterocycles. The van der Waals surface area contributed by atoms with Crippen molar-refractivity contribution in [3.8, 4) is 0 Å². The van der Waals surface area contributed by atoms with Crippen LogP contribution >= 0.6 is 11.6 Å². The van der Waals surface area contributed by atoms with Crippen LogP contribution < -0.4 is 5.32 Å². The first kappa shape index (κ1) is 20.0. The van der Waals surface area contributed by atoms with Crippen LogP contribution in [0.1, 0.15) is 33.6 Å². The van der Waals surface area contributed by atoms with Crippen molar-refractivity contribution >= 4 is 50.1 Å². The SMILES string of the molecule is CCN(CC)CCC[C@H](C)Nc1c2ccccc2nc2c1[nH]c1ccc(Cl)cc12. The predicted octanol–water partition coefficient (Wildman–Crippen LogP) is 6.45. The number of nitrogens with one attached hydrogen (secondary N) is 2.